The van der Waals surface area contributed by atoms with Crippen molar-refractivity contribution in [3.8, 4) is 22.3 Å². The van der Waals surface area contributed by atoms with Crippen molar-refractivity contribution in [2.24, 2.45) is 0 Å². The molecule has 0 fully saturated rings. The van der Waals surface area contributed by atoms with E-state index in [4.69, 9.17) is 0 Å². The van der Waals surface area contributed by atoms with Crippen LogP contribution >= 0.6 is 0 Å². The van der Waals surface area contributed by atoms with Crippen LogP contribution in [0.25, 0.3) is 22.3 Å². The molecule has 260 valence electrons. The summed E-state index contributed by atoms with van der Waals surface area (Å²) in [5.41, 5.74) is 17.8. The van der Waals surface area contributed by atoms with Crippen LogP contribution in [0.15, 0.2) is 170 Å². The third-order valence-corrected chi connectivity index (χ3v) is 12.3. The third-order valence-electron chi connectivity index (χ3n) is 12.3. The first-order chi connectivity index (χ1) is 25.7. The normalized spacial score (nSPS) is 15.9. The molecule has 2 aliphatic rings. The van der Waals surface area contributed by atoms with Crippen LogP contribution in [0.3, 0.4) is 0 Å². The van der Waals surface area contributed by atoms with E-state index in [1.165, 1.54) is 79.7 Å². The molecule has 0 amide bonds. The fraction of sp³-hybridized carbons (Fsp3) is 0.192. The van der Waals surface area contributed by atoms with Crippen LogP contribution < -0.4 is 4.90 Å². The fourth-order valence-electron chi connectivity index (χ4n) is 9.47. The van der Waals surface area contributed by atoms with E-state index in [1.54, 1.807) is 0 Å². The Bertz CT molecular complexity index is 2360. The Morgan fingerprint density at radius 3 is 1.42 bits per heavy atom. The molecule has 0 saturated heterocycles. The van der Waals surface area contributed by atoms with Crippen molar-refractivity contribution in [1.82, 2.24) is 0 Å². The van der Waals surface area contributed by atoms with Crippen molar-refractivity contribution >= 4 is 17.1 Å². The van der Waals surface area contributed by atoms with Crippen molar-refractivity contribution in [2.75, 3.05) is 4.90 Å². The highest BCUT2D eigenvalue weighted by molar-refractivity contribution is 5.97. The lowest BCUT2D eigenvalue weighted by Gasteiger charge is -2.42. The lowest BCUT2D eigenvalue weighted by atomic mass is 9.62. The molecule has 53 heavy (non-hydrogen) atoms. The molecule has 7 aromatic carbocycles. The van der Waals surface area contributed by atoms with Gasteiger partial charge in [-0.2, -0.15) is 0 Å². The topological polar surface area (TPSA) is 3.24 Å². The summed E-state index contributed by atoms with van der Waals surface area (Å²) in [5, 5.41) is 0. The van der Waals surface area contributed by atoms with E-state index in [1.807, 2.05) is 0 Å². The molecular weight excluding hydrogens is 639 g/mol. The Morgan fingerprint density at radius 2 is 0.868 bits per heavy atom. The van der Waals surface area contributed by atoms with Crippen LogP contribution in [0.4, 0.5) is 17.1 Å². The SMILES string of the molecule is Cc1cc2c(cc1-c1cc3c(cc1N(c1ccccc1)c1ccccc1)C(c1ccccc1)(c1ccccc1)c1ccccc1-3)C(C)(C)CCC2(C)C. The highest BCUT2D eigenvalue weighted by Gasteiger charge is 2.47. The van der Waals surface area contributed by atoms with E-state index in [9.17, 15) is 0 Å². The maximum Gasteiger partial charge on any atom is 0.0714 e. The zero-order valence-electron chi connectivity index (χ0n) is 31.5. The number of hydrogen-bond donors (Lipinski definition) is 0. The van der Waals surface area contributed by atoms with Crippen molar-refractivity contribution in [3.63, 3.8) is 0 Å². The summed E-state index contributed by atoms with van der Waals surface area (Å²) in [6.45, 7) is 12.1. The predicted molar refractivity (Wildman–Crippen MR) is 224 cm³/mol. The summed E-state index contributed by atoms with van der Waals surface area (Å²) in [6, 6.07) is 63.4. The van der Waals surface area contributed by atoms with Crippen LogP contribution in [0.2, 0.25) is 0 Å². The third kappa shape index (κ3) is 5.20. The largest absolute Gasteiger partial charge is 0.310 e. The molecular formula is C52H47N. The summed E-state index contributed by atoms with van der Waals surface area (Å²) in [4.78, 5) is 2.48. The number of aryl methyl sites for hydroxylation is 1. The van der Waals surface area contributed by atoms with Gasteiger partial charge in [0.15, 0.2) is 0 Å². The van der Waals surface area contributed by atoms with Gasteiger partial charge in [0.05, 0.1) is 11.1 Å². The number of anilines is 3. The molecule has 1 heteroatoms. The van der Waals surface area contributed by atoms with Crippen LogP contribution in [0.5, 0.6) is 0 Å². The zero-order chi connectivity index (χ0) is 36.4. The van der Waals surface area contributed by atoms with Gasteiger partial charge in [-0.3, -0.25) is 0 Å². The second-order valence-electron chi connectivity index (χ2n) is 16.4. The molecule has 0 atom stereocenters. The van der Waals surface area contributed by atoms with Gasteiger partial charge in [0, 0.05) is 16.9 Å². The first kappa shape index (κ1) is 33.2. The average molecular weight is 686 g/mol. The van der Waals surface area contributed by atoms with Crippen molar-refractivity contribution in [1.29, 1.82) is 0 Å². The van der Waals surface area contributed by atoms with Gasteiger partial charge in [-0.05, 0) is 129 Å². The smallest absolute Gasteiger partial charge is 0.0714 e. The van der Waals surface area contributed by atoms with Gasteiger partial charge in [0.2, 0.25) is 0 Å². The predicted octanol–water partition coefficient (Wildman–Crippen LogP) is 13.8. The van der Waals surface area contributed by atoms with Crippen molar-refractivity contribution < 1.29 is 0 Å². The molecule has 0 heterocycles. The van der Waals surface area contributed by atoms with Crippen LogP contribution in [0.1, 0.15) is 79.5 Å². The van der Waals surface area contributed by atoms with Crippen LogP contribution in [-0.4, -0.2) is 0 Å². The number of benzene rings is 7. The molecule has 2 aliphatic carbocycles. The zero-order valence-corrected chi connectivity index (χ0v) is 31.5. The van der Waals surface area contributed by atoms with Crippen LogP contribution in [0, 0.1) is 6.92 Å². The minimum Gasteiger partial charge on any atom is -0.310 e. The highest BCUT2D eigenvalue weighted by Crippen LogP contribution is 2.59. The van der Waals surface area contributed by atoms with E-state index in [-0.39, 0.29) is 10.8 Å². The molecule has 7 aromatic rings. The lowest BCUT2D eigenvalue weighted by molar-refractivity contribution is 0.332. The van der Waals surface area contributed by atoms with Gasteiger partial charge in [-0.1, -0.05) is 155 Å². The van der Waals surface area contributed by atoms with E-state index >= 15 is 0 Å². The molecule has 0 saturated carbocycles. The number of fused-ring (bicyclic) bond motifs is 4. The quantitative estimate of drug-likeness (QED) is 0.168. The molecule has 1 nitrogen and oxygen atoms in total. The van der Waals surface area contributed by atoms with Gasteiger partial charge >= 0.3 is 0 Å². The standard InChI is InChI=1S/C52H47N/c1-36-32-47-48(51(4,5)31-30-50(47,2)3)34-42(36)44-33-43-41-28-18-19-29-45(41)52(37-20-10-6-11-21-37,38-22-12-7-13-23-38)46(43)35-49(44)53(39-24-14-8-15-25-39)40-26-16-9-17-27-40/h6-29,32-35H,30-31H2,1-5H3. The number of rotatable bonds is 6. The van der Waals surface area contributed by atoms with Gasteiger partial charge in [-0.15, -0.1) is 0 Å². The Hall–Kier alpha value is -5.66. The van der Waals surface area contributed by atoms with E-state index in [0.29, 0.717) is 0 Å². The maximum absolute atomic E-state index is 2.56. The Balaban J connectivity index is 1.44. The second-order valence-corrected chi connectivity index (χ2v) is 16.4. The lowest BCUT2D eigenvalue weighted by Crippen LogP contribution is -2.34. The molecule has 0 radical (unpaired) electrons. The van der Waals surface area contributed by atoms with E-state index in [0.717, 1.165) is 11.4 Å². The first-order valence-corrected chi connectivity index (χ1v) is 19.2. The van der Waals surface area contributed by atoms with E-state index < -0.39 is 5.41 Å². The monoisotopic (exact) mass is 685 g/mol. The van der Waals surface area contributed by atoms with Crippen LogP contribution in [-0.2, 0) is 16.2 Å². The molecule has 0 aromatic heterocycles. The highest BCUT2D eigenvalue weighted by atomic mass is 15.1. The van der Waals surface area contributed by atoms with Gasteiger partial charge in [0.1, 0.15) is 0 Å². The van der Waals surface area contributed by atoms with Gasteiger partial charge < -0.3 is 4.90 Å². The Morgan fingerprint density at radius 1 is 0.396 bits per heavy atom. The van der Waals surface area contributed by atoms with E-state index in [2.05, 4.69) is 209 Å². The molecule has 0 unspecified atom stereocenters. The first-order valence-electron chi connectivity index (χ1n) is 19.2. The summed E-state index contributed by atoms with van der Waals surface area (Å²) < 4.78 is 0. The summed E-state index contributed by atoms with van der Waals surface area (Å²) in [7, 11) is 0. The molecule has 0 aliphatic heterocycles. The van der Waals surface area contributed by atoms with Gasteiger partial charge in [0.25, 0.3) is 0 Å². The summed E-state index contributed by atoms with van der Waals surface area (Å²) >= 11 is 0. The number of para-hydroxylation sites is 2. The van der Waals surface area contributed by atoms with Gasteiger partial charge in [-0.25, -0.2) is 0 Å². The summed E-state index contributed by atoms with van der Waals surface area (Å²) in [6.07, 6.45) is 2.38. The minimum absolute atomic E-state index is 0.0884. The molecule has 0 bridgehead atoms. The number of hydrogen-bond acceptors (Lipinski definition) is 1. The Kier molecular flexibility index (Phi) is 7.82. The molecule has 9 rings (SSSR count). The molecule has 0 spiro atoms. The van der Waals surface area contributed by atoms with Crippen molar-refractivity contribution in [3.05, 3.63) is 209 Å². The number of nitrogens with zero attached hydrogens (tertiary/aromatic N) is 1. The van der Waals surface area contributed by atoms with Crippen molar-refractivity contribution in [2.45, 2.75) is 63.7 Å². The maximum atomic E-state index is 2.56. The second kappa shape index (κ2) is 12.5. The molecule has 0 N–H and O–H groups in total. The fourth-order valence-corrected chi connectivity index (χ4v) is 9.47. The summed E-state index contributed by atoms with van der Waals surface area (Å²) in [5.74, 6) is 0. The Labute approximate surface area is 315 Å². The minimum atomic E-state index is -0.502. The average Bonchev–Trinajstić information content (AvgIpc) is 3.48.